The maximum Gasteiger partial charge on any atom is 0.338 e. The monoisotopic (exact) mass is 416 g/mol. The van der Waals surface area contributed by atoms with Crippen molar-refractivity contribution < 1.29 is 23.9 Å². The summed E-state index contributed by atoms with van der Waals surface area (Å²) >= 11 is 6.07. The Morgan fingerprint density at radius 2 is 1.97 bits per heavy atom. The molecule has 0 bridgehead atoms. The van der Waals surface area contributed by atoms with Crippen molar-refractivity contribution in [1.82, 2.24) is 0 Å². The largest absolute Gasteiger partial charge is 0.495 e. The Balaban J connectivity index is 1.68. The van der Waals surface area contributed by atoms with Crippen LogP contribution in [0.1, 0.15) is 34.8 Å². The SMILES string of the molecule is COc1cc(Cl)c(C)cc1NC(=O)[C@H](C)OC(=O)c1ccc2c(c1)CCC(=O)N2. The molecular weight excluding hydrogens is 396 g/mol. The highest BCUT2D eigenvalue weighted by molar-refractivity contribution is 6.31. The van der Waals surface area contributed by atoms with Crippen LogP contribution in [0.3, 0.4) is 0 Å². The molecule has 1 heterocycles. The topological polar surface area (TPSA) is 93.7 Å². The Morgan fingerprint density at radius 1 is 1.21 bits per heavy atom. The number of aryl methyl sites for hydroxylation is 2. The molecule has 0 saturated heterocycles. The summed E-state index contributed by atoms with van der Waals surface area (Å²) in [5.74, 6) is -0.759. The minimum Gasteiger partial charge on any atom is -0.495 e. The minimum absolute atomic E-state index is 0.0500. The molecule has 2 aromatic rings. The lowest BCUT2D eigenvalue weighted by molar-refractivity contribution is -0.123. The molecular formula is C21H21ClN2O5. The van der Waals surface area contributed by atoms with E-state index < -0.39 is 18.0 Å². The number of carbonyl (C=O) groups is 3. The molecule has 0 radical (unpaired) electrons. The molecule has 29 heavy (non-hydrogen) atoms. The first-order valence-corrected chi connectivity index (χ1v) is 9.45. The number of methoxy groups -OCH3 is 1. The van der Waals surface area contributed by atoms with Crippen LogP contribution in [0, 0.1) is 6.92 Å². The van der Waals surface area contributed by atoms with E-state index in [0.717, 1.165) is 11.1 Å². The summed E-state index contributed by atoms with van der Waals surface area (Å²) < 4.78 is 10.5. The van der Waals surface area contributed by atoms with Crippen molar-refractivity contribution in [3.63, 3.8) is 0 Å². The smallest absolute Gasteiger partial charge is 0.338 e. The number of anilines is 2. The van der Waals surface area contributed by atoms with Crippen LogP contribution < -0.4 is 15.4 Å². The lowest BCUT2D eigenvalue weighted by atomic mass is 10.0. The highest BCUT2D eigenvalue weighted by Crippen LogP contribution is 2.31. The third kappa shape index (κ3) is 4.68. The van der Waals surface area contributed by atoms with Crippen molar-refractivity contribution >= 4 is 40.8 Å². The molecule has 0 saturated carbocycles. The lowest BCUT2D eigenvalue weighted by Crippen LogP contribution is -2.30. The zero-order valence-electron chi connectivity index (χ0n) is 16.3. The van der Waals surface area contributed by atoms with Crippen molar-refractivity contribution in [2.45, 2.75) is 32.8 Å². The van der Waals surface area contributed by atoms with E-state index in [0.29, 0.717) is 40.6 Å². The van der Waals surface area contributed by atoms with Gasteiger partial charge in [0.25, 0.3) is 5.91 Å². The van der Waals surface area contributed by atoms with E-state index >= 15 is 0 Å². The van der Waals surface area contributed by atoms with E-state index in [1.807, 2.05) is 0 Å². The molecule has 152 valence electrons. The van der Waals surface area contributed by atoms with E-state index in [1.165, 1.54) is 14.0 Å². The molecule has 2 amide bonds. The lowest BCUT2D eigenvalue weighted by Gasteiger charge is -2.18. The molecule has 8 heteroatoms. The van der Waals surface area contributed by atoms with E-state index in [2.05, 4.69) is 10.6 Å². The second-order valence-corrected chi connectivity index (χ2v) is 7.17. The van der Waals surface area contributed by atoms with Gasteiger partial charge in [0, 0.05) is 23.2 Å². The van der Waals surface area contributed by atoms with E-state index in [-0.39, 0.29) is 5.91 Å². The standard InChI is InChI=1S/C21H21ClN2O5/c1-11-8-17(18(28-3)10-15(11)22)24-20(26)12(2)29-21(27)14-4-6-16-13(9-14)5-7-19(25)23-16/h4,6,8-10,12H,5,7H2,1-3H3,(H,23,25)(H,24,26)/t12-/m0/s1. The summed E-state index contributed by atoms with van der Waals surface area (Å²) in [5, 5.41) is 5.97. The number of fused-ring (bicyclic) bond motifs is 1. The second kappa shape index (κ2) is 8.53. The molecule has 7 nitrogen and oxygen atoms in total. The van der Waals surface area contributed by atoms with Gasteiger partial charge in [-0.05, 0) is 55.7 Å². The fraction of sp³-hybridized carbons (Fsp3) is 0.286. The number of amides is 2. The van der Waals surface area contributed by atoms with Gasteiger partial charge in [0.2, 0.25) is 5.91 Å². The third-order valence-electron chi connectivity index (χ3n) is 4.63. The van der Waals surface area contributed by atoms with Crippen molar-refractivity contribution in [2.24, 2.45) is 0 Å². The summed E-state index contributed by atoms with van der Waals surface area (Å²) in [4.78, 5) is 36.4. The zero-order valence-corrected chi connectivity index (χ0v) is 17.1. The summed E-state index contributed by atoms with van der Waals surface area (Å²) in [7, 11) is 1.47. The fourth-order valence-electron chi connectivity index (χ4n) is 2.96. The summed E-state index contributed by atoms with van der Waals surface area (Å²) in [6.45, 7) is 3.29. The predicted molar refractivity (Wildman–Crippen MR) is 110 cm³/mol. The maximum absolute atomic E-state index is 12.5. The zero-order chi connectivity index (χ0) is 21.1. The first-order chi connectivity index (χ1) is 13.8. The third-order valence-corrected chi connectivity index (χ3v) is 5.04. The molecule has 1 atom stereocenters. The molecule has 2 aromatic carbocycles. The van der Waals surface area contributed by atoms with Crippen molar-refractivity contribution in [2.75, 3.05) is 17.7 Å². The van der Waals surface area contributed by atoms with Crippen LogP contribution in [0.4, 0.5) is 11.4 Å². The molecule has 2 N–H and O–H groups in total. The normalized spacial score (nSPS) is 13.7. The van der Waals surface area contributed by atoms with Gasteiger partial charge in [-0.15, -0.1) is 0 Å². The highest BCUT2D eigenvalue weighted by atomic mass is 35.5. The van der Waals surface area contributed by atoms with Crippen LogP contribution in [0.15, 0.2) is 30.3 Å². The summed E-state index contributed by atoms with van der Waals surface area (Å²) in [6, 6.07) is 8.19. The van der Waals surface area contributed by atoms with Gasteiger partial charge in [0.05, 0.1) is 18.4 Å². The maximum atomic E-state index is 12.5. The van der Waals surface area contributed by atoms with Crippen LogP contribution in [-0.4, -0.2) is 31.0 Å². The predicted octanol–water partition coefficient (Wildman–Crippen LogP) is 3.73. The average molecular weight is 417 g/mol. The summed E-state index contributed by atoms with van der Waals surface area (Å²) in [6.07, 6.45) is -0.111. The van der Waals surface area contributed by atoms with Crippen molar-refractivity contribution in [3.05, 3.63) is 52.0 Å². The summed E-state index contributed by atoms with van der Waals surface area (Å²) in [5.41, 5.74) is 3.08. The van der Waals surface area contributed by atoms with Crippen LogP contribution in [0.2, 0.25) is 5.02 Å². The fourth-order valence-corrected chi connectivity index (χ4v) is 3.11. The number of esters is 1. The van der Waals surface area contributed by atoms with Gasteiger partial charge < -0.3 is 20.1 Å². The Hall–Kier alpha value is -3.06. The van der Waals surface area contributed by atoms with Crippen molar-refractivity contribution in [1.29, 1.82) is 0 Å². The van der Waals surface area contributed by atoms with Crippen LogP contribution in [0.5, 0.6) is 5.75 Å². The van der Waals surface area contributed by atoms with Gasteiger partial charge in [-0.1, -0.05) is 11.6 Å². The van der Waals surface area contributed by atoms with Gasteiger partial charge in [-0.2, -0.15) is 0 Å². The van der Waals surface area contributed by atoms with Crippen LogP contribution in [0.25, 0.3) is 0 Å². The number of rotatable bonds is 5. The van der Waals surface area contributed by atoms with Crippen molar-refractivity contribution in [3.8, 4) is 5.75 Å². The molecule has 3 rings (SSSR count). The van der Waals surface area contributed by atoms with Gasteiger partial charge in [0.1, 0.15) is 5.75 Å². The number of hydrogen-bond donors (Lipinski definition) is 2. The number of carbonyl (C=O) groups excluding carboxylic acids is 3. The molecule has 1 aliphatic rings. The average Bonchev–Trinajstić information content (AvgIpc) is 2.69. The number of ether oxygens (including phenoxy) is 2. The van der Waals surface area contributed by atoms with E-state index in [4.69, 9.17) is 21.1 Å². The van der Waals surface area contributed by atoms with E-state index in [9.17, 15) is 14.4 Å². The first kappa shape index (κ1) is 20.7. The Bertz CT molecular complexity index is 989. The highest BCUT2D eigenvalue weighted by Gasteiger charge is 2.22. The van der Waals surface area contributed by atoms with Gasteiger partial charge in [-0.3, -0.25) is 9.59 Å². The van der Waals surface area contributed by atoms with Gasteiger partial charge >= 0.3 is 5.97 Å². The number of halogens is 1. The Kier molecular flexibility index (Phi) is 6.08. The number of hydrogen-bond acceptors (Lipinski definition) is 5. The van der Waals surface area contributed by atoms with Gasteiger partial charge in [-0.25, -0.2) is 4.79 Å². The Labute approximate surface area is 173 Å². The Morgan fingerprint density at radius 3 is 2.69 bits per heavy atom. The van der Waals surface area contributed by atoms with Crippen LogP contribution >= 0.6 is 11.6 Å². The molecule has 0 spiro atoms. The van der Waals surface area contributed by atoms with Gasteiger partial charge in [0.15, 0.2) is 6.10 Å². The molecule has 0 fully saturated rings. The van der Waals surface area contributed by atoms with Crippen LogP contribution in [-0.2, 0) is 20.7 Å². The quantitative estimate of drug-likeness (QED) is 0.724. The van der Waals surface area contributed by atoms with E-state index in [1.54, 1.807) is 37.3 Å². The number of benzene rings is 2. The molecule has 1 aliphatic heterocycles. The molecule has 0 aliphatic carbocycles. The minimum atomic E-state index is -1.03. The second-order valence-electron chi connectivity index (χ2n) is 6.76. The first-order valence-electron chi connectivity index (χ1n) is 9.07. The molecule has 0 aromatic heterocycles. The number of nitrogens with one attached hydrogen (secondary N) is 2. The molecule has 0 unspecified atom stereocenters.